The lowest BCUT2D eigenvalue weighted by molar-refractivity contribution is 0.258. The predicted molar refractivity (Wildman–Crippen MR) is 580 cm³/mol. The van der Waals surface area contributed by atoms with Crippen LogP contribution in [0.4, 0.5) is 0 Å². The zero-order valence-corrected chi connectivity index (χ0v) is 109. The SMILES string of the molecule is C.CCC[Si](C)(O)O[Si](C)(CCC)O[Si](C)(CCC)O[Si](C)(O)CCC.CCC[Si](C)(O)O[Si](C)(CCC)O[Si](C)(CCC)O[Si](C)(O)CCC.CCC[Si](C)(O)O[Si](C)(CCC)O[Si](C)(CCC)O[Si](C)(O)CCC.CCC[Si](C)(O)O[Si](C)(CCC)O[Si](C)(CCC)O[Si](C)(O)CCC.CCC[Si](C)(O)O[Si](C)(CCC)O[Si](C)(CCC)O[Si](C)(O)CCC. The molecular weight excluding hydrogens is 1930 g/mol. The first-order chi connectivity index (χ1) is 56.8. The molecule has 0 rings (SSSR count). The first-order valence-electron chi connectivity index (χ1n) is 49.6. The van der Waals surface area contributed by atoms with Crippen LogP contribution in [0.15, 0.2) is 0 Å². The molecule has 126 heavy (non-hydrogen) atoms. The van der Waals surface area contributed by atoms with Gasteiger partial charge in [-0.05, 0) is 252 Å². The molecule has 0 amide bonds. The molecule has 0 aliphatic heterocycles. The highest BCUT2D eigenvalue weighted by molar-refractivity contribution is 6.93. The molecule has 25 nitrogen and oxygen atoms in total. The predicted octanol–water partition coefficient (Wildman–Crippen LogP) is 25.4. The summed E-state index contributed by atoms with van der Waals surface area (Å²) in [4.78, 5) is 107. The molecule has 0 bridgehead atoms. The Morgan fingerprint density at radius 1 is 0.111 bits per heavy atom. The van der Waals surface area contributed by atoms with E-state index in [0.717, 1.165) is 249 Å². The van der Waals surface area contributed by atoms with Gasteiger partial charge >= 0.3 is 171 Å². The molecule has 20 atom stereocenters. The molecule has 768 valence electrons. The van der Waals surface area contributed by atoms with Gasteiger partial charge in [0.1, 0.15) is 0 Å². The van der Waals surface area contributed by atoms with Crippen LogP contribution in [0.25, 0.3) is 0 Å². The maximum atomic E-state index is 10.7. The van der Waals surface area contributed by atoms with Gasteiger partial charge in [-0.25, -0.2) is 0 Å². The molecule has 0 fully saturated rings. The lowest BCUT2D eigenvalue weighted by Crippen LogP contribution is -2.60. The van der Waals surface area contributed by atoms with Crippen molar-refractivity contribution in [2.75, 3.05) is 0 Å². The van der Waals surface area contributed by atoms with Gasteiger partial charge in [0.15, 0.2) is 0 Å². The van der Waals surface area contributed by atoms with Crippen LogP contribution in [-0.4, -0.2) is 219 Å². The standard InChI is InChI=1S/5C16H42O5Si4.CH4/c5*1-9-13-22(5,17)19-24(7,15-11-3)21-25(8,16-12-4)20-23(6,18)14-10-2;/h5*17-18H,9-16H2,1-8H3;1H4. The van der Waals surface area contributed by atoms with E-state index in [0.29, 0.717) is 0 Å². The molecule has 0 spiro atoms. The molecule has 20 unspecified atom stereocenters. The Kier molecular flexibility index (Phi) is 72.7. The van der Waals surface area contributed by atoms with E-state index in [1.165, 1.54) is 0 Å². The van der Waals surface area contributed by atoms with Crippen molar-refractivity contribution in [1.82, 2.24) is 0 Å². The van der Waals surface area contributed by atoms with Crippen LogP contribution in [0, 0.1) is 0 Å². The fourth-order valence-corrected chi connectivity index (χ4v) is 109. The van der Waals surface area contributed by atoms with Crippen molar-refractivity contribution in [1.29, 1.82) is 0 Å². The van der Waals surface area contributed by atoms with Crippen molar-refractivity contribution in [3.63, 3.8) is 0 Å². The van der Waals surface area contributed by atoms with E-state index in [1.807, 2.05) is 65.5 Å². The zero-order chi connectivity index (χ0) is 98.9. The Morgan fingerprint density at radius 3 is 0.214 bits per heavy atom. The summed E-state index contributed by atoms with van der Waals surface area (Å²) >= 11 is 0. The maximum absolute atomic E-state index is 10.7. The summed E-state index contributed by atoms with van der Waals surface area (Å²) in [5, 5.41) is 0. The van der Waals surface area contributed by atoms with Gasteiger partial charge in [-0.15, -0.1) is 0 Å². The monoisotopic (exact) mass is 2150 g/mol. The third-order valence-corrected chi connectivity index (χ3v) is 101. The van der Waals surface area contributed by atoms with Crippen molar-refractivity contribution in [3.05, 3.63) is 0 Å². The smallest absolute Gasteiger partial charge is 0.323 e. The van der Waals surface area contributed by atoms with Gasteiger partial charge in [0.2, 0.25) is 0 Å². The highest BCUT2D eigenvalue weighted by Crippen LogP contribution is 2.39. The second-order valence-electron chi connectivity index (χ2n) is 39.6. The van der Waals surface area contributed by atoms with Gasteiger partial charge in [-0.3, -0.25) is 0 Å². The van der Waals surface area contributed by atoms with Crippen LogP contribution in [-0.2, 0) is 61.7 Å². The maximum Gasteiger partial charge on any atom is 0.323 e. The highest BCUT2D eigenvalue weighted by atomic mass is 28.5. The van der Waals surface area contributed by atoms with Gasteiger partial charge in [0, 0.05) is 0 Å². The second-order valence-corrected chi connectivity index (χ2v) is 108. The van der Waals surface area contributed by atoms with Crippen molar-refractivity contribution in [3.8, 4) is 0 Å². The van der Waals surface area contributed by atoms with E-state index < -0.39 is 171 Å². The van der Waals surface area contributed by atoms with E-state index in [-0.39, 0.29) is 7.43 Å². The van der Waals surface area contributed by atoms with Crippen molar-refractivity contribution in [2.45, 2.75) is 526 Å². The average molecular weight is 2150 g/mol. The topological polar surface area (TPSA) is 341 Å². The minimum atomic E-state index is -2.72. The number of rotatable bonds is 70. The average Bonchev–Trinajstić information content (AvgIpc) is 0.823. The van der Waals surface area contributed by atoms with Crippen molar-refractivity contribution in [2.24, 2.45) is 0 Å². The molecule has 0 heterocycles. The Bertz CT molecular complexity index is 2150. The van der Waals surface area contributed by atoms with Crippen molar-refractivity contribution < 1.29 is 110 Å². The minimum absolute atomic E-state index is 0. The summed E-state index contributed by atoms with van der Waals surface area (Å²) in [6, 6.07) is 15.6. The summed E-state index contributed by atoms with van der Waals surface area (Å²) in [6.07, 6.45) is 18.7. The first kappa shape index (κ1) is 140. The van der Waals surface area contributed by atoms with Crippen LogP contribution in [0.2, 0.25) is 252 Å². The molecule has 0 radical (unpaired) electrons. The van der Waals surface area contributed by atoms with E-state index in [1.54, 1.807) is 0 Å². The summed E-state index contributed by atoms with van der Waals surface area (Å²) in [5.74, 6) is 0. The van der Waals surface area contributed by atoms with Crippen LogP contribution in [0.1, 0.15) is 274 Å². The van der Waals surface area contributed by atoms with Gasteiger partial charge in [0.25, 0.3) is 0 Å². The summed E-state index contributed by atoms with van der Waals surface area (Å²) in [6.45, 7) is 81.1. The summed E-state index contributed by atoms with van der Waals surface area (Å²) in [7, 11) is -52.8. The van der Waals surface area contributed by atoms with Gasteiger partial charge in [-0.1, -0.05) is 274 Å². The van der Waals surface area contributed by atoms with Crippen LogP contribution in [0.3, 0.4) is 0 Å². The molecule has 0 aromatic carbocycles. The summed E-state index contributed by atoms with van der Waals surface area (Å²) < 4.78 is 96.5. The highest BCUT2D eigenvalue weighted by Gasteiger charge is 2.55. The fraction of sp³-hybridized carbons (Fsp3) is 1.00. The lowest BCUT2D eigenvalue weighted by Gasteiger charge is -2.42. The Morgan fingerprint density at radius 2 is 0.167 bits per heavy atom. The number of hydrogen-bond acceptors (Lipinski definition) is 25. The molecule has 45 heteroatoms. The van der Waals surface area contributed by atoms with Gasteiger partial charge < -0.3 is 110 Å². The zero-order valence-electron chi connectivity index (χ0n) is 88.9. The van der Waals surface area contributed by atoms with Crippen LogP contribution in [0.5, 0.6) is 0 Å². The molecule has 0 aromatic heterocycles. The molecule has 0 saturated carbocycles. The van der Waals surface area contributed by atoms with E-state index >= 15 is 0 Å². The van der Waals surface area contributed by atoms with E-state index in [2.05, 4.69) is 204 Å². The number of hydrogen-bond donors (Lipinski definition) is 10. The van der Waals surface area contributed by atoms with Crippen molar-refractivity contribution >= 4 is 171 Å². The molecule has 0 aliphatic carbocycles. The Labute approximate surface area is 800 Å². The normalized spacial score (nSPS) is 21.7. The third kappa shape index (κ3) is 67.6. The first-order valence-corrected chi connectivity index (χ1v) is 100. The Balaban J connectivity index is -0.000000356. The molecule has 10 N–H and O–H groups in total. The molecule has 0 saturated heterocycles. The molecular formula is C81H214O25Si20. The van der Waals surface area contributed by atoms with Gasteiger partial charge in [0.05, 0.1) is 0 Å². The summed E-state index contributed by atoms with van der Waals surface area (Å²) in [5.41, 5.74) is 0. The third-order valence-electron chi connectivity index (χ3n) is 20.7. The van der Waals surface area contributed by atoms with Gasteiger partial charge in [-0.2, -0.15) is 0 Å². The van der Waals surface area contributed by atoms with Crippen LogP contribution < -0.4 is 0 Å². The molecule has 0 aromatic rings. The van der Waals surface area contributed by atoms with E-state index in [4.69, 9.17) is 61.7 Å². The van der Waals surface area contributed by atoms with E-state index in [9.17, 15) is 48.0 Å². The van der Waals surface area contributed by atoms with Crippen LogP contribution >= 0.6 is 0 Å². The largest absolute Gasteiger partial charge is 0.416 e. The minimum Gasteiger partial charge on any atom is -0.416 e. The quantitative estimate of drug-likeness (QED) is 0.0253. The lowest BCUT2D eigenvalue weighted by atomic mass is 10.6. The molecule has 0 aliphatic rings. The fourth-order valence-electron chi connectivity index (χ4n) is 17.9. The second kappa shape index (κ2) is 65.4. The Hall–Kier alpha value is 3.34.